The highest BCUT2D eigenvalue weighted by molar-refractivity contribution is 5.94. The van der Waals surface area contributed by atoms with Crippen LogP contribution >= 0.6 is 0 Å². The third-order valence-corrected chi connectivity index (χ3v) is 3.27. The standard InChI is InChI=1S/C14H18F3N3O2/c1-9-5-10(2)18-12(6-9)19-13(21)11-7-22-4-3-20(11)8-14(15,16)17/h5-6,11H,3-4,7-8H2,1-2H3,(H,18,19,21). The van der Waals surface area contributed by atoms with E-state index in [1.807, 2.05) is 13.0 Å². The molecule has 1 aliphatic heterocycles. The van der Waals surface area contributed by atoms with E-state index in [2.05, 4.69) is 10.3 Å². The van der Waals surface area contributed by atoms with Crippen molar-refractivity contribution in [1.82, 2.24) is 9.88 Å². The summed E-state index contributed by atoms with van der Waals surface area (Å²) in [6.07, 6.45) is -4.35. The Morgan fingerprint density at radius 3 is 2.82 bits per heavy atom. The second-order valence-electron chi connectivity index (χ2n) is 5.34. The normalized spacial score (nSPS) is 20.0. The highest BCUT2D eigenvalue weighted by Gasteiger charge is 2.38. The van der Waals surface area contributed by atoms with Crippen molar-refractivity contribution in [3.05, 3.63) is 23.4 Å². The van der Waals surface area contributed by atoms with E-state index in [0.29, 0.717) is 5.82 Å². The predicted molar refractivity (Wildman–Crippen MR) is 74.6 cm³/mol. The number of hydrogen-bond acceptors (Lipinski definition) is 4. The number of rotatable bonds is 3. The topological polar surface area (TPSA) is 54.5 Å². The molecule has 1 fully saturated rings. The number of aromatic nitrogens is 1. The average Bonchev–Trinajstić information content (AvgIpc) is 2.35. The fraction of sp³-hybridized carbons (Fsp3) is 0.571. The minimum absolute atomic E-state index is 0.0628. The van der Waals surface area contributed by atoms with Crippen LogP contribution in [-0.2, 0) is 9.53 Å². The number of carbonyl (C=O) groups is 1. The van der Waals surface area contributed by atoms with Gasteiger partial charge >= 0.3 is 6.18 Å². The van der Waals surface area contributed by atoms with Gasteiger partial charge in [-0.2, -0.15) is 13.2 Å². The first-order valence-corrected chi connectivity index (χ1v) is 6.89. The minimum Gasteiger partial charge on any atom is -0.378 e. The first-order chi connectivity index (χ1) is 10.2. The number of pyridine rings is 1. The summed E-state index contributed by atoms with van der Waals surface area (Å²) in [5.74, 6) is -0.207. The van der Waals surface area contributed by atoms with E-state index in [9.17, 15) is 18.0 Å². The monoisotopic (exact) mass is 317 g/mol. The summed E-state index contributed by atoms with van der Waals surface area (Å²) in [5, 5.41) is 2.57. The number of hydrogen-bond donors (Lipinski definition) is 1. The SMILES string of the molecule is Cc1cc(C)nc(NC(=O)C2COCCN2CC(F)(F)F)c1. The Labute approximate surface area is 126 Å². The first kappa shape index (κ1) is 16.7. The van der Waals surface area contributed by atoms with Crippen LogP contribution in [0, 0.1) is 13.8 Å². The molecule has 8 heteroatoms. The van der Waals surface area contributed by atoms with Crippen molar-refractivity contribution in [2.75, 3.05) is 31.6 Å². The summed E-state index contributed by atoms with van der Waals surface area (Å²) in [6, 6.07) is 2.54. The van der Waals surface area contributed by atoms with E-state index in [-0.39, 0.29) is 19.8 Å². The molecular weight excluding hydrogens is 299 g/mol. The van der Waals surface area contributed by atoms with Gasteiger partial charge in [0.2, 0.25) is 5.91 Å². The molecule has 1 N–H and O–H groups in total. The molecule has 1 saturated heterocycles. The molecule has 0 radical (unpaired) electrons. The number of amides is 1. The molecule has 1 unspecified atom stereocenters. The molecule has 22 heavy (non-hydrogen) atoms. The van der Waals surface area contributed by atoms with Gasteiger partial charge in [-0.25, -0.2) is 4.98 Å². The van der Waals surface area contributed by atoms with Gasteiger partial charge in [-0.15, -0.1) is 0 Å². The van der Waals surface area contributed by atoms with Gasteiger partial charge in [-0.05, 0) is 31.5 Å². The number of ether oxygens (including phenoxy) is 1. The van der Waals surface area contributed by atoms with Gasteiger partial charge in [0.1, 0.15) is 11.9 Å². The van der Waals surface area contributed by atoms with Crippen molar-refractivity contribution in [2.24, 2.45) is 0 Å². The molecule has 0 saturated carbocycles. The zero-order valence-electron chi connectivity index (χ0n) is 12.4. The fourth-order valence-electron chi connectivity index (χ4n) is 2.41. The van der Waals surface area contributed by atoms with Crippen molar-refractivity contribution in [3.63, 3.8) is 0 Å². The second-order valence-corrected chi connectivity index (χ2v) is 5.34. The van der Waals surface area contributed by atoms with E-state index in [1.54, 1.807) is 13.0 Å². The molecule has 1 aromatic heterocycles. The lowest BCUT2D eigenvalue weighted by molar-refractivity contribution is -0.165. The maximum atomic E-state index is 12.6. The summed E-state index contributed by atoms with van der Waals surface area (Å²) >= 11 is 0. The van der Waals surface area contributed by atoms with E-state index in [4.69, 9.17) is 4.74 Å². The molecule has 1 aromatic rings. The Morgan fingerprint density at radius 1 is 1.45 bits per heavy atom. The van der Waals surface area contributed by atoms with Crippen molar-refractivity contribution < 1.29 is 22.7 Å². The molecule has 2 heterocycles. The van der Waals surface area contributed by atoms with Gasteiger partial charge in [0.25, 0.3) is 0 Å². The van der Waals surface area contributed by atoms with Gasteiger partial charge in [-0.1, -0.05) is 0 Å². The maximum absolute atomic E-state index is 12.6. The lowest BCUT2D eigenvalue weighted by Gasteiger charge is -2.34. The quantitative estimate of drug-likeness (QED) is 0.925. The molecule has 1 aliphatic rings. The molecule has 0 aliphatic carbocycles. The van der Waals surface area contributed by atoms with Crippen LogP contribution in [0.15, 0.2) is 12.1 Å². The number of nitrogens with one attached hydrogen (secondary N) is 1. The van der Waals surface area contributed by atoms with Crippen LogP contribution in [0.5, 0.6) is 0 Å². The summed E-state index contributed by atoms with van der Waals surface area (Å²) < 4.78 is 42.9. The minimum atomic E-state index is -4.35. The summed E-state index contributed by atoms with van der Waals surface area (Å²) in [4.78, 5) is 17.5. The Balaban J connectivity index is 2.08. The van der Waals surface area contributed by atoms with Crippen molar-refractivity contribution in [2.45, 2.75) is 26.1 Å². The third kappa shape index (κ3) is 4.67. The number of aryl methyl sites for hydroxylation is 2. The van der Waals surface area contributed by atoms with Crippen LogP contribution in [0.4, 0.5) is 19.0 Å². The first-order valence-electron chi connectivity index (χ1n) is 6.89. The molecule has 0 spiro atoms. The number of nitrogens with zero attached hydrogens (tertiary/aromatic N) is 2. The van der Waals surface area contributed by atoms with Crippen molar-refractivity contribution in [1.29, 1.82) is 0 Å². The molecule has 122 valence electrons. The van der Waals surface area contributed by atoms with E-state index in [1.165, 1.54) is 0 Å². The lowest BCUT2D eigenvalue weighted by atomic mass is 10.2. The molecule has 0 bridgehead atoms. The summed E-state index contributed by atoms with van der Waals surface area (Å²) in [5.41, 5.74) is 1.64. The van der Waals surface area contributed by atoms with Crippen LogP contribution in [-0.4, -0.2) is 54.3 Å². The van der Waals surface area contributed by atoms with Crippen LogP contribution in [0.2, 0.25) is 0 Å². The van der Waals surface area contributed by atoms with Crippen LogP contribution < -0.4 is 5.32 Å². The zero-order chi connectivity index (χ0) is 16.3. The van der Waals surface area contributed by atoms with Crippen molar-refractivity contribution in [3.8, 4) is 0 Å². The molecule has 1 atom stereocenters. The molecule has 0 aromatic carbocycles. The summed E-state index contributed by atoms with van der Waals surface area (Å²) in [6.45, 7) is 2.69. The molecule has 2 rings (SSSR count). The molecule has 5 nitrogen and oxygen atoms in total. The van der Waals surface area contributed by atoms with Crippen LogP contribution in [0.25, 0.3) is 0 Å². The Hall–Kier alpha value is -1.67. The largest absolute Gasteiger partial charge is 0.401 e. The third-order valence-electron chi connectivity index (χ3n) is 3.27. The predicted octanol–water partition coefficient (Wildman–Crippen LogP) is 1.90. The van der Waals surface area contributed by atoms with Gasteiger partial charge in [0, 0.05) is 12.2 Å². The lowest BCUT2D eigenvalue weighted by Crippen LogP contribution is -2.54. The van der Waals surface area contributed by atoms with Crippen LogP contribution in [0.1, 0.15) is 11.3 Å². The average molecular weight is 317 g/mol. The van der Waals surface area contributed by atoms with Crippen LogP contribution in [0.3, 0.4) is 0 Å². The molecule has 1 amide bonds. The number of carbonyl (C=O) groups excluding carboxylic acids is 1. The van der Waals surface area contributed by atoms with Gasteiger partial charge in [0.15, 0.2) is 0 Å². The maximum Gasteiger partial charge on any atom is 0.401 e. The number of morpholine rings is 1. The number of anilines is 1. The zero-order valence-corrected chi connectivity index (χ0v) is 12.4. The second kappa shape index (κ2) is 6.62. The van der Waals surface area contributed by atoms with E-state index in [0.717, 1.165) is 16.2 Å². The smallest absolute Gasteiger partial charge is 0.378 e. The van der Waals surface area contributed by atoms with Gasteiger partial charge in [0.05, 0.1) is 19.8 Å². The Kier molecular flexibility index (Phi) is 5.02. The Bertz CT molecular complexity index is 528. The van der Waals surface area contributed by atoms with Gasteiger partial charge in [-0.3, -0.25) is 9.69 Å². The highest BCUT2D eigenvalue weighted by atomic mass is 19.4. The summed E-state index contributed by atoms with van der Waals surface area (Å²) in [7, 11) is 0. The van der Waals surface area contributed by atoms with E-state index < -0.39 is 24.7 Å². The van der Waals surface area contributed by atoms with Crippen molar-refractivity contribution >= 4 is 11.7 Å². The highest BCUT2D eigenvalue weighted by Crippen LogP contribution is 2.20. The van der Waals surface area contributed by atoms with E-state index >= 15 is 0 Å². The Morgan fingerprint density at radius 2 is 2.18 bits per heavy atom. The van der Waals surface area contributed by atoms with Gasteiger partial charge < -0.3 is 10.1 Å². The number of halogens is 3. The number of alkyl halides is 3. The fourth-order valence-corrected chi connectivity index (χ4v) is 2.41. The molecular formula is C14H18F3N3O2.